The first-order valence-corrected chi connectivity index (χ1v) is 5.41. The van der Waals surface area contributed by atoms with Crippen molar-refractivity contribution < 1.29 is 13.6 Å². The average molecular weight is 242 g/mol. The van der Waals surface area contributed by atoms with Crippen molar-refractivity contribution in [1.29, 1.82) is 0 Å². The molecule has 0 fully saturated rings. The summed E-state index contributed by atoms with van der Waals surface area (Å²) in [6.07, 6.45) is 1.15. The third-order valence-electron chi connectivity index (χ3n) is 2.62. The van der Waals surface area contributed by atoms with Gasteiger partial charge in [-0.25, -0.2) is 8.78 Å². The summed E-state index contributed by atoms with van der Waals surface area (Å²) in [5, 5.41) is 0. The van der Waals surface area contributed by atoms with E-state index < -0.39 is 23.6 Å². The summed E-state index contributed by atoms with van der Waals surface area (Å²) in [7, 11) is 0. The predicted molar refractivity (Wildman–Crippen MR) is 61.1 cm³/mol. The summed E-state index contributed by atoms with van der Waals surface area (Å²) in [6, 6.07) is 1.69. The van der Waals surface area contributed by atoms with Crippen LogP contribution in [-0.2, 0) is 4.79 Å². The molecular weight excluding hydrogens is 226 g/mol. The average Bonchev–Trinajstić information content (AvgIpc) is 2.22. The van der Waals surface area contributed by atoms with Gasteiger partial charge in [0.2, 0.25) is 5.91 Å². The number of halogens is 2. The van der Waals surface area contributed by atoms with Crippen molar-refractivity contribution in [2.75, 3.05) is 0 Å². The molecule has 1 aromatic carbocycles. The second-order valence-electron chi connectivity index (χ2n) is 4.09. The first-order chi connectivity index (χ1) is 7.91. The SMILES string of the molecule is Cc1cc(C(N)CCCC(N)=O)c(F)cc1F. The topological polar surface area (TPSA) is 69.1 Å². The van der Waals surface area contributed by atoms with Crippen LogP contribution in [0, 0.1) is 18.6 Å². The Kier molecular flexibility index (Phi) is 4.57. The Morgan fingerprint density at radius 3 is 2.59 bits per heavy atom. The number of benzene rings is 1. The molecule has 1 rings (SSSR count). The van der Waals surface area contributed by atoms with E-state index in [1.807, 2.05) is 0 Å². The number of primary amides is 1. The molecule has 0 saturated carbocycles. The molecule has 0 saturated heterocycles. The Hall–Kier alpha value is -1.49. The van der Waals surface area contributed by atoms with E-state index in [0.29, 0.717) is 18.4 Å². The Balaban J connectivity index is 2.71. The summed E-state index contributed by atoms with van der Waals surface area (Å²) in [4.78, 5) is 10.5. The molecule has 1 unspecified atom stereocenters. The molecular formula is C12H16F2N2O. The van der Waals surface area contributed by atoms with Gasteiger partial charge in [0.15, 0.2) is 0 Å². The monoisotopic (exact) mass is 242 g/mol. The molecule has 0 aliphatic heterocycles. The van der Waals surface area contributed by atoms with E-state index in [1.165, 1.54) is 6.07 Å². The van der Waals surface area contributed by atoms with Crippen molar-refractivity contribution in [2.45, 2.75) is 32.2 Å². The number of hydrogen-bond acceptors (Lipinski definition) is 2. The second kappa shape index (κ2) is 5.72. The van der Waals surface area contributed by atoms with Crippen LogP contribution in [0.3, 0.4) is 0 Å². The van der Waals surface area contributed by atoms with Crippen LogP contribution in [0.25, 0.3) is 0 Å². The number of hydrogen-bond donors (Lipinski definition) is 2. The maximum atomic E-state index is 13.5. The van der Waals surface area contributed by atoms with Crippen molar-refractivity contribution >= 4 is 5.91 Å². The maximum Gasteiger partial charge on any atom is 0.217 e. The van der Waals surface area contributed by atoms with Gasteiger partial charge in [0.1, 0.15) is 11.6 Å². The lowest BCUT2D eigenvalue weighted by atomic mass is 9.99. The van der Waals surface area contributed by atoms with E-state index in [4.69, 9.17) is 11.5 Å². The highest BCUT2D eigenvalue weighted by molar-refractivity contribution is 5.73. The Labute approximate surface area is 98.8 Å². The molecule has 0 spiro atoms. The zero-order chi connectivity index (χ0) is 13.0. The van der Waals surface area contributed by atoms with E-state index in [9.17, 15) is 13.6 Å². The minimum atomic E-state index is -0.653. The third-order valence-corrected chi connectivity index (χ3v) is 2.62. The van der Waals surface area contributed by atoms with E-state index >= 15 is 0 Å². The van der Waals surface area contributed by atoms with Crippen LogP contribution in [0.15, 0.2) is 12.1 Å². The van der Waals surface area contributed by atoms with Gasteiger partial charge in [-0.2, -0.15) is 0 Å². The molecule has 17 heavy (non-hydrogen) atoms. The number of rotatable bonds is 5. The van der Waals surface area contributed by atoms with Gasteiger partial charge in [0.25, 0.3) is 0 Å². The molecule has 3 nitrogen and oxygen atoms in total. The van der Waals surface area contributed by atoms with Gasteiger partial charge in [-0.3, -0.25) is 4.79 Å². The zero-order valence-corrected chi connectivity index (χ0v) is 9.67. The number of aryl methyl sites for hydroxylation is 1. The van der Waals surface area contributed by atoms with Gasteiger partial charge >= 0.3 is 0 Å². The largest absolute Gasteiger partial charge is 0.370 e. The molecule has 94 valence electrons. The van der Waals surface area contributed by atoms with Gasteiger partial charge in [-0.15, -0.1) is 0 Å². The summed E-state index contributed by atoms with van der Waals surface area (Å²) in [6.45, 7) is 1.55. The highest BCUT2D eigenvalue weighted by atomic mass is 19.1. The number of amides is 1. The first kappa shape index (κ1) is 13.6. The van der Waals surface area contributed by atoms with Gasteiger partial charge in [-0.1, -0.05) is 0 Å². The van der Waals surface area contributed by atoms with Crippen LogP contribution >= 0.6 is 0 Å². The van der Waals surface area contributed by atoms with Crippen molar-refractivity contribution in [3.63, 3.8) is 0 Å². The zero-order valence-electron chi connectivity index (χ0n) is 9.67. The number of carbonyl (C=O) groups excluding carboxylic acids is 1. The Bertz CT molecular complexity index is 421. The van der Waals surface area contributed by atoms with Crippen LogP contribution < -0.4 is 11.5 Å². The van der Waals surface area contributed by atoms with Crippen LogP contribution in [0.2, 0.25) is 0 Å². The molecule has 0 heterocycles. The molecule has 1 atom stereocenters. The molecule has 1 amide bonds. The maximum absolute atomic E-state index is 13.5. The standard InChI is InChI=1S/C12H16F2N2O/c1-7-5-8(10(14)6-9(7)13)11(15)3-2-4-12(16)17/h5-6,11H,2-4,15H2,1H3,(H2,16,17). The summed E-state index contributed by atoms with van der Waals surface area (Å²) in [5.41, 5.74) is 11.4. The summed E-state index contributed by atoms with van der Waals surface area (Å²) < 4.78 is 26.5. The van der Waals surface area contributed by atoms with Crippen LogP contribution in [0.1, 0.15) is 36.4 Å². The van der Waals surface area contributed by atoms with Gasteiger partial charge in [-0.05, 0) is 31.4 Å². The lowest BCUT2D eigenvalue weighted by Crippen LogP contribution is -2.15. The fraction of sp³-hybridized carbons (Fsp3) is 0.417. The Morgan fingerprint density at radius 1 is 1.35 bits per heavy atom. The molecule has 0 aliphatic carbocycles. The lowest BCUT2D eigenvalue weighted by molar-refractivity contribution is -0.118. The number of carbonyl (C=O) groups is 1. The van der Waals surface area contributed by atoms with Crippen LogP contribution in [0.5, 0.6) is 0 Å². The minimum Gasteiger partial charge on any atom is -0.370 e. The summed E-state index contributed by atoms with van der Waals surface area (Å²) >= 11 is 0. The molecule has 0 aliphatic rings. The molecule has 4 N–H and O–H groups in total. The summed E-state index contributed by atoms with van der Waals surface area (Å²) in [5.74, 6) is -1.65. The van der Waals surface area contributed by atoms with E-state index in [-0.39, 0.29) is 12.0 Å². The van der Waals surface area contributed by atoms with Crippen molar-refractivity contribution in [3.8, 4) is 0 Å². The lowest BCUT2D eigenvalue weighted by Gasteiger charge is -2.13. The molecule has 0 bridgehead atoms. The van der Waals surface area contributed by atoms with Gasteiger partial charge in [0, 0.05) is 24.1 Å². The molecule has 1 aromatic rings. The molecule has 0 radical (unpaired) electrons. The molecule has 0 aromatic heterocycles. The van der Waals surface area contributed by atoms with Gasteiger partial charge < -0.3 is 11.5 Å². The first-order valence-electron chi connectivity index (χ1n) is 5.41. The number of nitrogens with two attached hydrogens (primary N) is 2. The van der Waals surface area contributed by atoms with Crippen molar-refractivity contribution in [2.24, 2.45) is 11.5 Å². The van der Waals surface area contributed by atoms with E-state index in [1.54, 1.807) is 6.92 Å². The minimum absolute atomic E-state index is 0.218. The highest BCUT2D eigenvalue weighted by Gasteiger charge is 2.14. The Morgan fingerprint density at radius 2 is 2.00 bits per heavy atom. The third kappa shape index (κ3) is 3.78. The van der Waals surface area contributed by atoms with Gasteiger partial charge in [0.05, 0.1) is 0 Å². The molecule has 5 heteroatoms. The van der Waals surface area contributed by atoms with Crippen molar-refractivity contribution in [1.82, 2.24) is 0 Å². The van der Waals surface area contributed by atoms with E-state index in [2.05, 4.69) is 0 Å². The fourth-order valence-corrected chi connectivity index (χ4v) is 1.62. The second-order valence-corrected chi connectivity index (χ2v) is 4.09. The quantitative estimate of drug-likeness (QED) is 0.828. The smallest absolute Gasteiger partial charge is 0.217 e. The predicted octanol–water partition coefficient (Wildman–Crippen LogP) is 1.93. The fourth-order valence-electron chi connectivity index (χ4n) is 1.62. The highest BCUT2D eigenvalue weighted by Crippen LogP contribution is 2.22. The van der Waals surface area contributed by atoms with Crippen molar-refractivity contribution in [3.05, 3.63) is 34.9 Å². The van der Waals surface area contributed by atoms with Crippen LogP contribution in [-0.4, -0.2) is 5.91 Å². The van der Waals surface area contributed by atoms with E-state index in [0.717, 1.165) is 6.07 Å². The van der Waals surface area contributed by atoms with Crippen LogP contribution in [0.4, 0.5) is 8.78 Å². The normalized spacial score (nSPS) is 12.5.